The van der Waals surface area contributed by atoms with Crippen molar-refractivity contribution in [1.82, 2.24) is 0 Å². The summed E-state index contributed by atoms with van der Waals surface area (Å²) in [7, 11) is 0. The van der Waals surface area contributed by atoms with Crippen LogP contribution in [0, 0.1) is 13.8 Å². The summed E-state index contributed by atoms with van der Waals surface area (Å²) in [6.07, 6.45) is 0. The van der Waals surface area contributed by atoms with E-state index in [4.69, 9.17) is 9.78 Å². The lowest BCUT2D eigenvalue weighted by Crippen LogP contribution is -2.15. The Labute approximate surface area is 121 Å². The van der Waals surface area contributed by atoms with Gasteiger partial charge in [0, 0.05) is 5.56 Å². The zero-order valence-electron chi connectivity index (χ0n) is 12.9. The summed E-state index contributed by atoms with van der Waals surface area (Å²) in [5.74, 6) is 1.55. The van der Waals surface area contributed by atoms with Crippen LogP contribution >= 0.6 is 0 Å². The Morgan fingerprint density at radius 1 is 0.750 bits per heavy atom. The highest BCUT2D eigenvalue weighted by Crippen LogP contribution is 2.34. The smallest absolute Gasteiger partial charge is 0.185 e. The Kier molecular flexibility index (Phi) is 4.03. The highest BCUT2D eigenvalue weighted by atomic mass is 17.2. The summed E-state index contributed by atoms with van der Waals surface area (Å²) in [5.41, 5.74) is 3.28. The van der Waals surface area contributed by atoms with Crippen molar-refractivity contribution in [3.8, 4) is 11.5 Å². The van der Waals surface area contributed by atoms with Crippen molar-refractivity contribution < 1.29 is 9.78 Å². The first-order valence-electron chi connectivity index (χ1n) is 6.90. The predicted octanol–water partition coefficient (Wildman–Crippen LogP) is 4.97. The van der Waals surface area contributed by atoms with Crippen molar-refractivity contribution in [1.29, 1.82) is 0 Å². The molecule has 0 bridgehead atoms. The Morgan fingerprint density at radius 3 is 2.05 bits per heavy atom. The fourth-order valence-electron chi connectivity index (χ4n) is 2.09. The molecule has 0 N–H and O–H groups in total. The Morgan fingerprint density at radius 2 is 1.40 bits per heavy atom. The number of benzene rings is 2. The van der Waals surface area contributed by atoms with Gasteiger partial charge in [0.05, 0.1) is 0 Å². The SMILES string of the molecule is Cc1ccccc1OOc1c(C)cccc1C(C)(C)C. The van der Waals surface area contributed by atoms with Gasteiger partial charge >= 0.3 is 0 Å². The Bertz CT molecular complexity index is 595. The maximum absolute atomic E-state index is 5.66. The van der Waals surface area contributed by atoms with Crippen molar-refractivity contribution >= 4 is 0 Å². The first kappa shape index (κ1) is 14.4. The molecule has 0 saturated carbocycles. The van der Waals surface area contributed by atoms with E-state index in [0.29, 0.717) is 0 Å². The third-order valence-electron chi connectivity index (χ3n) is 3.33. The number of aryl methyl sites for hydroxylation is 2. The molecule has 2 heteroatoms. The topological polar surface area (TPSA) is 18.5 Å². The van der Waals surface area contributed by atoms with Crippen LogP contribution in [0.15, 0.2) is 42.5 Å². The van der Waals surface area contributed by atoms with Crippen molar-refractivity contribution in [3.63, 3.8) is 0 Å². The number of hydrogen-bond donors (Lipinski definition) is 0. The van der Waals surface area contributed by atoms with E-state index in [1.807, 2.05) is 44.2 Å². The van der Waals surface area contributed by atoms with Crippen molar-refractivity contribution in [2.45, 2.75) is 40.0 Å². The molecule has 0 aliphatic rings. The monoisotopic (exact) mass is 270 g/mol. The van der Waals surface area contributed by atoms with E-state index in [1.165, 1.54) is 0 Å². The van der Waals surface area contributed by atoms with Crippen LogP contribution in [0.25, 0.3) is 0 Å². The third-order valence-corrected chi connectivity index (χ3v) is 3.33. The van der Waals surface area contributed by atoms with Gasteiger partial charge in [-0.25, -0.2) is 0 Å². The number of rotatable bonds is 3. The average molecular weight is 270 g/mol. The maximum atomic E-state index is 5.66. The number of para-hydroxylation sites is 2. The summed E-state index contributed by atoms with van der Waals surface area (Å²) in [6.45, 7) is 10.5. The molecule has 0 amide bonds. The summed E-state index contributed by atoms with van der Waals surface area (Å²) in [5, 5.41) is 0. The van der Waals surface area contributed by atoms with Gasteiger partial charge in [0.15, 0.2) is 11.5 Å². The van der Waals surface area contributed by atoms with Crippen LogP contribution < -0.4 is 9.78 Å². The summed E-state index contributed by atoms with van der Waals surface area (Å²) >= 11 is 0. The highest BCUT2D eigenvalue weighted by molar-refractivity contribution is 5.44. The molecule has 2 aromatic carbocycles. The van der Waals surface area contributed by atoms with Gasteiger partial charge in [0.2, 0.25) is 0 Å². The minimum Gasteiger partial charge on any atom is -0.290 e. The summed E-state index contributed by atoms with van der Waals surface area (Å²) in [6, 6.07) is 14.0. The van der Waals surface area contributed by atoms with Gasteiger partial charge in [-0.2, -0.15) is 0 Å². The molecule has 2 nitrogen and oxygen atoms in total. The van der Waals surface area contributed by atoms with Gasteiger partial charge in [-0.15, -0.1) is 0 Å². The molecule has 0 fully saturated rings. The normalized spacial score (nSPS) is 11.2. The van der Waals surface area contributed by atoms with Crippen molar-refractivity contribution in [2.24, 2.45) is 0 Å². The fourth-order valence-corrected chi connectivity index (χ4v) is 2.09. The standard InChI is InChI=1S/C18H22O2/c1-13-9-6-7-12-16(13)19-20-17-14(2)10-8-11-15(17)18(3,4)5/h6-12H,1-5H3. The van der Waals surface area contributed by atoms with E-state index >= 15 is 0 Å². The van der Waals surface area contributed by atoms with Crippen molar-refractivity contribution in [2.75, 3.05) is 0 Å². The lowest BCUT2D eigenvalue weighted by Gasteiger charge is -2.23. The molecule has 0 heterocycles. The highest BCUT2D eigenvalue weighted by Gasteiger charge is 2.21. The lowest BCUT2D eigenvalue weighted by atomic mass is 9.85. The van der Waals surface area contributed by atoms with Crippen LogP contribution in [0.1, 0.15) is 37.5 Å². The molecule has 0 unspecified atom stereocenters. The van der Waals surface area contributed by atoms with E-state index < -0.39 is 0 Å². The molecule has 0 spiro atoms. The molecule has 0 aliphatic carbocycles. The molecular formula is C18H22O2. The lowest BCUT2D eigenvalue weighted by molar-refractivity contribution is -0.102. The zero-order valence-corrected chi connectivity index (χ0v) is 12.9. The summed E-state index contributed by atoms with van der Waals surface area (Å²) < 4.78 is 0. The molecule has 106 valence electrons. The van der Waals surface area contributed by atoms with Crippen molar-refractivity contribution in [3.05, 3.63) is 59.2 Å². The summed E-state index contributed by atoms with van der Waals surface area (Å²) in [4.78, 5) is 11.2. The molecule has 0 atom stereocenters. The van der Waals surface area contributed by atoms with Crippen LogP contribution in [-0.4, -0.2) is 0 Å². The van der Waals surface area contributed by atoms with E-state index in [9.17, 15) is 0 Å². The van der Waals surface area contributed by atoms with Crippen LogP contribution in [0.2, 0.25) is 0 Å². The van der Waals surface area contributed by atoms with E-state index in [-0.39, 0.29) is 5.41 Å². The van der Waals surface area contributed by atoms with E-state index in [1.54, 1.807) is 0 Å². The van der Waals surface area contributed by atoms with Crippen LogP contribution in [0.4, 0.5) is 0 Å². The molecular weight excluding hydrogens is 248 g/mol. The van der Waals surface area contributed by atoms with Gasteiger partial charge in [0.1, 0.15) is 0 Å². The van der Waals surface area contributed by atoms with Gasteiger partial charge in [0.25, 0.3) is 0 Å². The predicted molar refractivity (Wildman–Crippen MR) is 82.3 cm³/mol. The van der Waals surface area contributed by atoms with Gasteiger partial charge < -0.3 is 0 Å². The minimum atomic E-state index is 0.0104. The Hall–Kier alpha value is -1.96. The second-order valence-corrected chi connectivity index (χ2v) is 6.13. The zero-order chi connectivity index (χ0) is 14.8. The van der Waals surface area contributed by atoms with Gasteiger partial charge in [-0.05, 0) is 36.5 Å². The molecule has 0 aromatic heterocycles. The molecule has 0 radical (unpaired) electrons. The van der Waals surface area contributed by atoms with Crippen LogP contribution in [-0.2, 0) is 5.41 Å². The van der Waals surface area contributed by atoms with Gasteiger partial charge in [-0.3, -0.25) is 9.78 Å². The minimum absolute atomic E-state index is 0.0104. The van der Waals surface area contributed by atoms with E-state index in [0.717, 1.165) is 28.2 Å². The second kappa shape index (κ2) is 5.58. The molecule has 2 aromatic rings. The second-order valence-electron chi connectivity index (χ2n) is 6.13. The Balaban J connectivity index is 2.28. The van der Waals surface area contributed by atoms with E-state index in [2.05, 4.69) is 32.9 Å². The fraction of sp³-hybridized carbons (Fsp3) is 0.333. The maximum Gasteiger partial charge on any atom is 0.185 e. The average Bonchev–Trinajstić information content (AvgIpc) is 2.37. The molecule has 0 aliphatic heterocycles. The number of hydrogen-bond acceptors (Lipinski definition) is 2. The molecule has 0 saturated heterocycles. The quantitative estimate of drug-likeness (QED) is 0.579. The first-order valence-corrected chi connectivity index (χ1v) is 6.90. The third kappa shape index (κ3) is 3.13. The van der Waals surface area contributed by atoms with Crippen LogP contribution in [0.5, 0.6) is 11.5 Å². The first-order chi connectivity index (χ1) is 9.39. The van der Waals surface area contributed by atoms with Crippen LogP contribution in [0.3, 0.4) is 0 Å². The van der Waals surface area contributed by atoms with Gasteiger partial charge in [-0.1, -0.05) is 57.2 Å². The molecule has 20 heavy (non-hydrogen) atoms. The largest absolute Gasteiger partial charge is 0.290 e. The molecule has 2 rings (SSSR count).